The highest BCUT2D eigenvalue weighted by Gasteiger charge is 2.00. The first-order chi connectivity index (χ1) is 20.9. The molecule has 0 saturated heterocycles. The molecule has 0 spiro atoms. The van der Waals surface area contributed by atoms with E-state index in [1.165, 1.54) is 0 Å². The summed E-state index contributed by atoms with van der Waals surface area (Å²) in [6.07, 6.45) is 0. The zero-order valence-corrected chi connectivity index (χ0v) is 24.8. The molecule has 0 N–H and O–H groups in total. The molecule has 0 aromatic heterocycles. The highest BCUT2D eigenvalue weighted by Crippen LogP contribution is 2.08. The molecule has 0 amide bonds. The molecular weight excluding hydrogens is 544 g/mol. The highest BCUT2D eigenvalue weighted by molar-refractivity contribution is 5.22. The smallest absolute Gasteiger partial charge is 0.0718 e. The van der Waals surface area contributed by atoms with E-state index in [1.54, 1.807) is 0 Å². The van der Waals surface area contributed by atoms with Gasteiger partial charge in [0.2, 0.25) is 0 Å². The standard InChI is InChI=1S/C32H48O10/c1-2-30-4-3-29(1)25-39-21-17-35-13-9-33-11-15-37-19-23-41-27-31-5-7-32(8-6-31)28-42-24-20-38-16-12-34-10-14-36-18-22-40-26-30/h1-8H,9-28H2. The van der Waals surface area contributed by atoms with Crippen molar-refractivity contribution in [2.24, 2.45) is 0 Å². The lowest BCUT2D eigenvalue weighted by Gasteiger charge is -2.09. The minimum Gasteiger partial charge on any atom is -0.377 e. The Labute approximate surface area is 250 Å². The van der Waals surface area contributed by atoms with E-state index in [2.05, 4.69) is 48.5 Å². The van der Waals surface area contributed by atoms with Crippen molar-refractivity contribution in [3.05, 3.63) is 70.8 Å². The molecule has 0 fully saturated rings. The van der Waals surface area contributed by atoms with Gasteiger partial charge in [0.05, 0.1) is 132 Å². The van der Waals surface area contributed by atoms with Crippen molar-refractivity contribution in [1.29, 1.82) is 0 Å². The third kappa shape index (κ3) is 17.9. The normalized spacial score (nSPS) is 20.4. The molecule has 6 rings (SSSR count). The van der Waals surface area contributed by atoms with E-state index in [4.69, 9.17) is 47.4 Å². The zero-order chi connectivity index (χ0) is 29.2. The van der Waals surface area contributed by atoms with Crippen molar-refractivity contribution in [3.8, 4) is 0 Å². The largest absolute Gasteiger partial charge is 0.377 e. The Balaban J connectivity index is 1.28. The van der Waals surface area contributed by atoms with Crippen LogP contribution in [0.5, 0.6) is 0 Å². The SMILES string of the molecule is c1cc2ccc1COCCOCCOCCOCCOCc1ccc(cc1)COCCOCCOCCOCCOC2. The molecule has 0 aliphatic carbocycles. The van der Waals surface area contributed by atoms with E-state index in [-0.39, 0.29) is 0 Å². The number of benzene rings is 2. The second-order valence-corrected chi connectivity index (χ2v) is 9.52. The molecule has 2 aromatic rings. The lowest BCUT2D eigenvalue weighted by molar-refractivity contribution is -0.0141. The monoisotopic (exact) mass is 592 g/mol. The molecule has 4 aliphatic heterocycles. The topological polar surface area (TPSA) is 92.3 Å². The number of hydrogen-bond donors (Lipinski definition) is 0. The molecule has 10 nitrogen and oxygen atoms in total. The maximum absolute atomic E-state index is 5.70. The van der Waals surface area contributed by atoms with Crippen molar-refractivity contribution in [3.63, 3.8) is 0 Å². The van der Waals surface area contributed by atoms with Crippen molar-refractivity contribution in [2.75, 3.05) is 106 Å². The van der Waals surface area contributed by atoms with Crippen LogP contribution in [0.15, 0.2) is 48.5 Å². The average Bonchev–Trinajstić information content (AvgIpc) is 3.02. The van der Waals surface area contributed by atoms with Crippen LogP contribution in [0.4, 0.5) is 0 Å². The van der Waals surface area contributed by atoms with Crippen LogP contribution in [0.3, 0.4) is 0 Å². The van der Waals surface area contributed by atoms with Gasteiger partial charge in [0.25, 0.3) is 0 Å². The fourth-order valence-corrected chi connectivity index (χ4v) is 3.78. The number of hydrogen-bond acceptors (Lipinski definition) is 10. The van der Waals surface area contributed by atoms with Gasteiger partial charge in [-0.3, -0.25) is 0 Å². The molecule has 0 saturated carbocycles. The van der Waals surface area contributed by atoms with E-state index in [9.17, 15) is 0 Å². The van der Waals surface area contributed by atoms with Gasteiger partial charge in [-0.2, -0.15) is 0 Å². The summed E-state index contributed by atoms with van der Waals surface area (Å²) in [5.74, 6) is 0. The molecule has 0 unspecified atom stereocenters. The molecular formula is C32H48O10. The summed E-state index contributed by atoms with van der Waals surface area (Å²) in [5.41, 5.74) is 4.45. The molecule has 4 aliphatic rings. The van der Waals surface area contributed by atoms with Crippen LogP contribution in [-0.2, 0) is 73.8 Å². The van der Waals surface area contributed by atoms with Crippen LogP contribution in [0, 0.1) is 0 Å². The Hall–Kier alpha value is -1.96. The van der Waals surface area contributed by atoms with Gasteiger partial charge >= 0.3 is 0 Å². The first-order valence-electron chi connectivity index (χ1n) is 14.8. The number of ether oxygens (including phenoxy) is 10. The quantitative estimate of drug-likeness (QED) is 0.452. The van der Waals surface area contributed by atoms with Gasteiger partial charge in [0.15, 0.2) is 0 Å². The van der Waals surface area contributed by atoms with Crippen LogP contribution < -0.4 is 0 Å². The second-order valence-electron chi connectivity index (χ2n) is 9.52. The lowest BCUT2D eigenvalue weighted by atomic mass is 10.1. The summed E-state index contributed by atoms with van der Waals surface area (Å²) >= 11 is 0. The Bertz CT molecular complexity index is 734. The third-order valence-electron chi connectivity index (χ3n) is 6.10. The van der Waals surface area contributed by atoms with Crippen molar-refractivity contribution in [2.45, 2.75) is 26.4 Å². The van der Waals surface area contributed by atoms with Crippen LogP contribution in [-0.4, -0.2) is 106 Å². The minimum absolute atomic E-state index is 0.527. The molecule has 0 atom stereocenters. The zero-order valence-electron chi connectivity index (χ0n) is 24.8. The van der Waals surface area contributed by atoms with Gasteiger partial charge in [-0.25, -0.2) is 0 Å². The minimum atomic E-state index is 0.527. The molecule has 10 heteroatoms. The van der Waals surface area contributed by atoms with Crippen LogP contribution in [0.1, 0.15) is 22.3 Å². The van der Waals surface area contributed by atoms with E-state index < -0.39 is 0 Å². The van der Waals surface area contributed by atoms with Crippen LogP contribution in [0.2, 0.25) is 0 Å². The van der Waals surface area contributed by atoms with Crippen molar-refractivity contribution < 1.29 is 47.4 Å². The summed E-state index contributed by atoms with van der Waals surface area (Å²) in [5, 5.41) is 0. The van der Waals surface area contributed by atoms with Gasteiger partial charge in [-0.1, -0.05) is 48.5 Å². The molecule has 236 valence electrons. The fraction of sp³-hybridized carbons (Fsp3) is 0.625. The Kier molecular flexibility index (Phi) is 20.1. The predicted molar refractivity (Wildman–Crippen MR) is 156 cm³/mol. The maximum atomic E-state index is 5.70. The molecule has 4 heterocycles. The molecule has 2 aromatic carbocycles. The van der Waals surface area contributed by atoms with Gasteiger partial charge in [-0.05, 0) is 22.3 Å². The van der Waals surface area contributed by atoms with E-state index in [1.807, 2.05) is 0 Å². The molecule has 0 radical (unpaired) electrons. The van der Waals surface area contributed by atoms with Gasteiger partial charge in [0.1, 0.15) is 0 Å². The maximum Gasteiger partial charge on any atom is 0.0718 e. The molecule has 4 bridgehead atoms. The summed E-state index contributed by atoms with van der Waals surface area (Å²) in [4.78, 5) is 0. The van der Waals surface area contributed by atoms with Gasteiger partial charge in [-0.15, -0.1) is 0 Å². The van der Waals surface area contributed by atoms with Gasteiger partial charge in [0, 0.05) is 0 Å². The van der Waals surface area contributed by atoms with E-state index >= 15 is 0 Å². The number of rotatable bonds is 0. The summed E-state index contributed by atoms with van der Waals surface area (Å²) < 4.78 is 56.1. The predicted octanol–water partition coefficient (Wildman–Crippen LogP) is 3.57. The Morgan fingerprint density at radius 2 is 0.357 bits per heavy atom. The van der Waals surface area contributed by atoms with Crippen molar-refractivity contribution >= 4 is 0 Å². The van der Waals surface area contributed by atoms with Crippen LogP contribution in [0.25, 0.3) is 0 Å². The van der Waals surface area contributed by atoms with Gasteiger partial charge < -0.3 is 47.4 Å². The second kappa shape index (κ2) is 24.5. The summed E-state index contributed by atoms with van der Waals surface area (Å²) in [6.45, 7) is 10.7. The highest BCUT2D eigenvalue weighted by atomic mass is 16.6. The summed E-state index contributed by atoms with van der Waals surface area (Å²) in [6, 6.07) is 16.4. The first-order valence-corrected chi connectivity index (χ1v) is 14.8. The van der Waals surface area contributed by atoms with E-state index in [0.29, 0.717) is 132 Å². The Morgan fingerprint density at radius 1 is 0.214 bits per heavy atom. The fourth-order valence-electron chi connectivity index (χ4n) is 3.78. The average molecular weight is 593 g/mol. The van der Waals surface area contributed by atoms with Crippen molar-refractivity contribution in [1.82, 2.24) is 0 Å². The Morgan fingerprint density at radius 3 is 0.524 bits per heavy atom. The third-order valence-corrected chi connectivity index (χ3v) is 6.10. The molecule has 42 heavy (non-hydrogen) atoms. The van der Waals surface area contributed by atoms with Crippen LogP contribution >= 0.6 is 0 Å². The first kappa shape index (κ1) is 34.5. The van der Waals surface area contributed by atoms with E-state index in [0.717, 1.165) is 22.3 Å². The lowest BCUT2D eigenvalue weighted by Crippen LogP contribution is -2.13. The summed E-state index contributed by atoms with van der Waals surface area (Å²) in [7, 11) is 0.